The van der Waals surface area contributed by atoms with E-state index in [-0.39, 0.29) is 34.6 Å². The van der Waals surface area contributed by atoms with Gasteiger partial charge < -0.3 is 4.90 Å². The summed E-state index contributed by atoms with van der Waals surface area (Å²) in [7, 11) is -3.89. The summed E-state index contributed by atoms with van der Waals surface area (Å²) >= 11 is 0. The van der Waals surface area contributed by atoms with Crippen LogP contribution in [0.25, 0.3) is 10.9 Å². The summed E-state index contributed by atoms with van der Waals surface area (Å²) in [5.74, 6) is -0.108. The lowest BCUT2D eigenvalue weighted by Gasteiger charge is -2.45. The SMILES string of the molecule is CC(C)[C@H]1CN(C(C)c2ccc(F)cc2)CCN1C(=O)c1ccc(NS(=O)(=O)c2cccc3cccnc23)cc1. The third-order valence-corrected chi connectivity index (χ3v) is 9.06. The monoisotopic (exact) mass is 560 g/mol. The van der Waals surface area contributed by atoms with Gasteiger partial charge in [-0.3, -0.25) is 19.4 Å². The van der Waals surface area contributed by atoms with E-state index in [1.165, 1.54) is 18.2 Å². The van der Waals surface area contributed by atoms with Crippen LogP contribution in [0.1, 0.15) is 42.7 Å². The predicted octanol–water partition coefficient (Wildman–Crippen LogP) is 5.72. The van der Waals surface area contributed by atoms with Crippen LogP contribution in [-0.2, 0) is 10.0 Å². The molecule has 2 atom stereocenters. The van der Waals surface area contributed by atoms with Crippen molar-refractivity contribution >= 4 is 32.5 Å². The van der Waals surface area contributed by atoms with Crippen LogP contribution in [0.3, 0.4) is 0 Å². The molecule has 1 fully saturated rings. The van der Waals surface area contributed by atoms with Crippen molar-refractivity contribution in [3.63, 3.8) is 0 Å². The van der Waals surface area contributed by atoms with Gasteiger partial charge in [-0.15, -0.1) is 0 Å². The zero-order valence-corrected chi connectivity index (χ0v) is 23.6. The fraction of sp³-hybridized carbons (Fsp3) is 0.290. The highest BCUT2D eigenvalue weighted by molar-refractivity contribution is 7.93. The van der Waals surface area contributed by atoms with Crippen molar-refractivity contribution in [2.45, 2.75) is 37.8 Å². The van der Waals surface area contributed by atoms with Gasteiger partial charge in [0.05, 0.1) is 5.52 Å². The second-order valence-corrected chi connectivity index (χ2v) is 12.2. The first-order valence-electron chi connectivity index (χ1n) is 13.4. The predicted molar refractivity (Wildman–Crippen MR) is 155 cm³/mol. The number of carbonyl (C=O) groups is 1. The molecule has 40 heavy (non-hydrogen) atoms. The minimum atomic E-state index is -3.89. The average molecular weight is 561 g/mol. The van der Waals surface area contributed by atoms with E-state index in [9.17, 15) is 17.6 Å². The Labute approximate surface area is 234 Å². The number of nitrogens with one attached hydrogen (secondary N) is 1. The van der Waals surface area contributed by atoms with Gasteiger partial charge in [-0.25, -0.2) is 12.8 Å². The molecular formula is C31H33FN4O3S. The molecule has 2 heterocycles. The summed E-state index contributed by atoms with van der Waals surface area (Å²) in [5.41, 5.74) is 2.31. The van der Waals surface area contributed by atoms with Gasteiger partial charge in [-0.05, 0) is 66.9 Å². The summed E-state index contributed by atoms with van der Waals surface area (Å²) in [5, 5.41) is 0.734. The molecule has 0 bridgehead atoms. The molecule has 1 amide bonds. The lowest BCUT2D eigenvalue weighted by molar-refractivity contribution is 0.0247. The zero-order valence-electron chi connectivity index (χ0n) is 22.8. The van der Waals surface area contributed by atoms with Gasteiger partial charge in [-0.2, -0.15) is 0 Å². The van der Waals surface area contributed by atoms with Crippen molar-refractivity contribution in [2.75, 3.05) is 24.4 Å². The number of amides is 1. The van der Waals surface area contributed by atoms with E-state index in [0.29, 0.717) is 36.4 Å². The Balaban J connectivity index is 1.29. The minimum absolute atomic E-state index is 0.00110. The number of halogens is 1. The minimum Gasteiger partial charge on any atom is -0.333 e. The number of pyridine rings is 1. The number of fused-ring (bicyclic) bond motifs is 1. The number of para-hydroxylation sites is 1. The third kappa shape index (κ3) is 5.71. The van der Waals surface area contributed by atoms with Crippen LogP contribution >= 0.6 is 0 Å². The Bertz CT molecular complexity index is 1600. The van der Waals surface area contributed by atoms with Crippen LogP contribution in [0.5, 0.6) is 0 Å². The van der Waals surface area contributed by atoms with Crippen LogP contribution in [0, 0.1) is 11.7 Å². The number of hydrogen-bond donors (Lipinski definition) is 1. The first-order chi connectivity index (χ1) is 19.1. The molecule has 0 aliphatic carbocycles. The van der Waals surface area contributed by atoms with Crippen LogP contribution in [0.4, 0.5) is 10.1 Å². The molecule has 7 nitrogen and oxygen atoms in total. The third-order valence-electron chi connectivity index (χ3n) is 7.65. The smallest absolute Gasteiger partial charge is 0.264 e. The molecule has 4 aromatic rings. The maximum absolute atomic E-state index is 13.6. The Kier molecular flexibility index (Phi) is 7.87. The Morgan fingerprint density at radius 1 is 0.950 bits per heavy atom. The van der Waals surface area contributed by atoms with Crippen LogP contribution < -0.4 is 4.72 Å². The lowest BCUT2D eigenvalue weighted by atomic mass is 9.96. The standard InChI is InChI=1S/C31H33FN4O3S/c1-21(2)28-20-35(22(3)23-9-13-26(32)14-10-23)18-19-36(28)31(37)25-11-15-27(16-12-25)34-40(38,39)29-8-4-6-24-7-5-17-33-30(24)29/h4-17,21-22,28,34H,18-20H2,1-3H3/t22?,28-/m1/s1. The van der Waals surface area contributed by atoms with Gasteiger partial charge in [0, 0.05) is 54.6 Å². The molecule has 1 unspecified atom stereocenters. The van der Waals surface area contributed by atoms with Crippen molar-refractivity contribution in [1.29, 1.82) is 0 Å². The molecule has 5 rings (SSSR count). The van der Waals surface area contributed by atoms with Gasteiger partial charge in [0.15, 0.2) is 0 Å². The van der Waals surface area contributed by atoms with E-state index in [2.05, 4.69) is 35.4 Å². The van der Waals surface area contributed by atoms with Gasteiger partial charge >= 0.3 is 0 Å². The Hall–Kier alpha value is -3.82. The van der Waals surface area contributed by atoms with Crippen molar-refractivity contribution in [3.05, 3.63) is 102 Å². The van der Waals surface area contributed by atoms with E-state index < -0.39 is 10.0 Å². The second kappa shape index (κ2) is 11.3. The molecule has 1 aromatic heterocycles. The van der Waals surface area contributed by atoms with Gasteiger partial charge in [0.2, 0.25) is 0 Å². The average Bonchev–Trinajstić information content (AvgIpc) is 2.96. The largest absolute Gasteiger partial charge is 0.333 e. The quantitative estimate of drug-likeness (QED) is 0.313. The molecule has 1 aliphatic heterocycles. The number of hydrogen-bond acceptors (Lipinski definition) is 5. The van der Waals surface area contributed by atoms with Crippen molar-refractivity contribution in [3.8, 4) is 0 Å². The molecule has 0 saturated carbocycles. The molecule has 3 aromatic carbocycles. The van der Waals surface area contributed by atoms with E-state index in [4.69, 9.17) is 0 Å². The summed E-state index contributed by atoms with van der Waals surface area (Å²) in [6.45, 7) is 8.29. The Morgan fingerprint density at radius 2 is 1.65 bits per heavy atom. The first-order valence-corrected chi connectivity index (χ1v) is 14.9. The summed E-state index contributed by atoms with van der Waals surface area (Å²) in [4.78, 5) is 22.2. The number of aromatic nitrogens is 1. The highest BCUT2D eigenvalue weighted by Gasteiger charge is 2.34. The van der Waals surface area contributed by atoms with E-state index >= 15 is 0 Å². The molecule has 1 N–H and O–H groups in total. The molecular weight excluding hydrogens is 527 g/mol. The maximum atomic E-state index is 13.6. The van der Waals surface area contributed by atoms with Crippen molar-refractivity contribution in [1.82, 2.24) is 14.8 Å². The van der Waals surface area contributed by atoms with Crippen LogP contribution in [0.2, 0.25) is 0 Å². The molecule has 9 heteroatoms. The van der Waals surface area contributed by atoms with Gasteiger partial charge in [0.25, 0.3) is 15.9 Å². The van der Waals surface area contributed by atoms with Gasteiger partial charge in [-0.1, -0.05) is 44.2 Å². The number of rotatable bonds is 7. The number of anilines is 1. The number of carbonyl (C=O) groups excluding carboxylic acids is 1. The number of sulfonamides is 1. The Morgan fingerprint density at radius 3 is 2.35 bits per heavy atom. The molecule has 1 aliphatic rings. The number of benzene rings is 3. The number of piperazine rings is 1. The topological polar surface area (TPSA) is 82.6 Å². The fourth-order valence-electron chi connectivity index (χ4n) is 5.31. The van der Waals surface area contributed by atoms with E-state index in [1.54, 1.807) is 42.6 Å². The van der Waals surface area contributed by atoms with Crippen molar-refractivity contribution in [2.24, 2.45) is 5.92 Å². The van der Waals surface area contributed by atoms with Gasteiger partial charge in [0.1, 0.15) is 10.7 Å². The highest BCUT2D eigenvalue weighted by Crippen LogP contribution is 2.28. The normalized spacial score (nSPS) is 17.2. The van der Waals surface area contributed by atoms with Crippen LogP contribution in [0.15, 0.2) is 90.0 Å². The van der Waals surface area contributed by atoms with Crippen molar-refractivity contribution < 1.29 is 17.6 Å². The summed E-state index contributed by atoms with van der Waals surface area (Å²) < 4.78 is 42.3. The van der Waals surface area contributed by atoms with E-state index in [1.807, 2.05) is 29.2 Å². The molecule has 0 radical (unpaired) electrons. The molecule has 1 saturated heterocycles. The molecule has 0 spiro atoms. The lowest BCUT2D eigenvalue weighted by Crippen LogP contribution is -2.57. The molecule has 208 valence electrons. The van der Waals surface area contributed by atoms with Crippen LogP contribution in [-0.4, -0.2) is 54.8 Å². The summed E-state index contributed by atoms with van der Waals surface area (Å²) in [6.07, 6.45) is 1.56. The zero-order chi connectivity index (χ0) is 28.4. The second-order valence-electron chi connectivity index (χ2n) is 10.5. The fourth-order valence-corrected chi connectivity index (χ4v) is 6.55. The maximum Gasteiger partial charge on any atom is 0.264 e. The first kappa shape index (κ1) is 27.7. The summed E-state index contributed by atoms with van der Waals surface area (Å²) in [6, 6.07) is 21.8. The highest BCUT2D eigenvalue weighted by atomic mass is 32.2. The number of nitrogens with zero attached hydrogens (tertiary/aromatic N) is 3. The van der Waals surface area contributed by atoms with E-state index in [0.717, 1.165) is 10.9 Å².